The lowest BCUT2D eigenvalue weighted by molar-refractivity contribution is -0.144. The molecule has 9 rings (SSSR count). The average molecular weight is 995 g/mol. The van der Waals surface area contributed by atoms with Gasteiger partial charge in [-0.2, -0.15) is 4.98 Å². The predicted molar refractivity (Wildman–Crippen MR) is 286 cm³/mol. The predicted octanol–water partition coefficient (Wildman–Crippen LogP) is 8.74. The number of rotatable bonds is 19. The van der Waals surface area contributed by atoms with Crippen molar-refractivity contribution in [1.82, 2.24) is 44.9 Å². The number of aromatic nitrogens is 5. The standard InChI is InChI=1S/C55H70N12O4S/c1-37-48(72-36-58-37)39-21-19-38(20-22-39)33-56-51(70)46-32-44(68)35-66(46)52(71)49(55(2,3)4)62-47(69)18-10-5-6-13-27-64-28-30-65(31-29-64)42-25-23-41(24-26-42)59-53-57-34-45-50(63-53)67(43-16-11-12-17-43)54(61-45)60-40-14-8-7-9-15-40/h7-9,14-15,19-26,34,36,43-44,46,49,68H,5-6,10-13,16-18,27-33,35H2,1-4H3,(H,56,70)(H,60,61)(H,62,69)(H,57,59,63)/t44-,46-,49+/m0/s1. The third-order valence-electron chi connectivity index (χ3n) is 14.4. The molecule has 3 aliphatic rings. The maximum absolute atomic E-state index is 14.1. The zero-order valence-corrected chi connectivity index (χ0v) is 43.0. The summed E-state index contributed by atoms with van der Waals surface area (Å²) >= 11 is 1.59. The number of carbonyl (C=O) groups excluding carboxylic acids is 3. The lowest BCUT2D eigenvalue weighted by atomic mass is 9.85. The number of piperazine rings is 1. The second-order valence-corrected chi connectivity index (χ2v) is 21.6. The summed E-state index contributed by atoms with van der Waals surface area (Å²) in [5.41, 5.74) is 8.94. The van der Waals surface area contributed by atoms with Crippen molar-refractivity contribution in [2.75, 3.05) is 54.8 Å². The summed E-state index contributed by atoms with van der Waals surface area (Å²) in [4.78, 5) is 67.3. The molecule has 380 valence electrons. The quantitative estimate of drug-likeness (QED) is 0.0487. The highest BCUT2D eigenvalue weighted by atomic mass is 32.1. The molecule has 0 unspecified atom stereocenters. The SMILES string of the molecule is Cc1ncsc1-c1ccc(CNC(=O)[C@@H]2C[C@H](O)CN2C(=O)[C@@H](NC(=O)CCCCCCN2CCN(c3ccc(Nc4ncc5nc(Nc6ccccc6)n(C6CCCC6)c5n4)cc3)CC2)C(C)(C)C)cc1. The van der Waals surface area contributed by atoms with E-state index in [1.165, 1.54) is 23.4 Å². The molecular formula is C55H70N12O4S. The first-order chi connectivity index (χ1) is 34.9. The number of imidazole rings is 1. The molecule has 1 saturated carbocycles. The van der Waals surface area contributed by atoms with Crippen LogP contribution in [0.4, 0.5) is 29.0 Å². The number of carbonyl (C=O) groups is 3. The highest BCUT2D eigenvalue weighted by Crippen LogP contribution is 2.36. The van der Waals surface area contributed by atoms with E-state index >= 15 is 0 Å². The monoisotopic (exact) mass is 995 g/mol. The van der Waals surface area contributed by atoms with Crippen LogP contribution in [0.2, 0.25) is 0 Å². The smallest absolute Gasteiger partial charge is 0.246 e. The van der Waals surface area contributed by atoms with E-state index in [-0.39, 0.29) is 30.7 Å². The van der Waals surface area contributed by atoms with Gasteiger partial charge in [0.2, 0.25) is 29.6 Å². The van der Waals surface area contributed by atoms with Crippen LogP contribution < -0.4 is 26.2 Å². The lowest BCUT2D eigenvalue weighted by Crippen LogP contribution is -2.57. The van der Waals surface area contributed by atoms with Gasteiger partial charge in [-0.25, -0.2) is 15.0 Å². The fourth-order valence-electron chi connectivity index (χ4n) is 10.3. The molecule has 3 aromatic carbocycles. The van der Waals surface area contributed by atoms with Gasteiger partial charge < -0.3 is 36.2 Å². The van der Waals surface area contributed by atoms with E-state index in [0.717, 1.165) is 121 Å². The van der Waals surface area contributed by atoms with Gasteiger partial charge in [0.25, 0.3) is 0 Å². The van der Waals surface area contributed by atoms with Crippen molar-refractivity contribution in [3.05, 3.63) is 102 Å². The minimum Gasteiger partial charge on any atom is -0.391 e. The third-order valence-corrected chi connectivity index (χ3v) is 15.3. The van der Waals surface area contributed by atoms with Crippen molar-refractivity contribution in [2.24, 2.45) is 5.41 Å². The maximum Gasteiger partial charge on any atom is 0.246 e. The van der Waals surface area contributed by atoms with Crippen LogP contribution in [0, 0.1) is 12.3 Å². The average Bonchev–Trinajstić information content (AvgIpc) is 4.21. The van der Waals surface area contributed by atoms with Gasteiger partial charge in [-0.1, -0.05) is 88.9 Å². The second-order valence-electron chi connectivity index (χ2n) is 20.7. The van der Waals surface area contributed by atoms with E-state index in [9.17, 15) is 19.5 Å². The zero-order valence-electron chi connectivity index (χ0n) is 42.1. The summed E-state index contributed by atoms with van der Waals surface area (Å²) < 4.78 is 2.26. The summed E-state index contributed by atoms with van der Waals surface area (Å²) in [6.45, 7) is 13.0. The molecule has 0 radical (unpaired) electrons. The van der Waals surface area contributed by atoms with Crippen molar-refractivity contribution in [3.63, 3.8) is 0 Å². The lowest BCUT2D eigenvalue weighted by Gasteiger charge is -2.36. The number of hydrogen-bond donors (Lipinski definition) is 5. The van der Waals surface area contributed by atoms with Crippen LogP contribution in [0.15, 0.2) is 90.6 Å². The van der Waals surface area contributed by atoms with Gasteiger partial charge in [0.05, 0.1) is 28.4 Å². The Morgan fingerprint density at radius 3 is 2.26 bits per heavy atom. The number of fused-ring (bicyclic) bond motifs is 1. The Morgan fingerprint density at radius 2 is 1.56 bits per heavy atom. The van der Waals surface area contributed by atoms with E-state index in [0.29, 0.717) is 25.0 Å². The molecule has 1 aliphatic carbocycles. The molecule has 5 heterocycles. The molecule has 6 aromatic rings. The van der Waals surface area contributed by atoms with Crippen molar-refractivity contribution >= 4 is 69.2 Å². The highest BCUT2D eigenvalue weighted by molar-refractivity contribution is 7.13. The van der Waals surface area contributed by atoms with Crippen molar-refractivity contribution in [3.8, 4) is 10.4 Å². The normalized spacial score (nSPS) is 18.1. The fourth-order valence-corrected chi connectivity index (χ4v) is 11.1. The maximum atomic E-state index is 14.1. The van der Waals surface area contributed by atoms with Crippen molar-refractivity contribution < 1.29 is 19.5 Å². The second kappa shape index (κ2) is 23.0. The molecule has 17 heteroatoms. The van der Waals surface area contributed by atoms with Crippen molar-refractivity contribution in [1.29, 1.82) is 0 Å². The Bertz CT molecular complexity index is 2760. The Balaban J connectivity index is 0.683. The molecule has 0 bridgehead atoms. The number of thiazole rings is 1. The summed E-state index contributed by atoms with van der Waals surface area (Å²) in [5.74, 6) is 0.508. The molecule has 3 aromatic heterocycles. The summed E-state index contributed by atoms with van der Waals surface area (Å²) in [6.07, 6.45) is 9.81. The molecule has 2 aliphatic heterocycles. The molecule has 3 amide bonds. The number of para-hydroxylation sites is 1. The molecule has 16 nitrogen and oxygen atoms in total. The van der Waals surface area contributed by atoms with E-state index < -0.39 is 23.6 Å². The van der Waals surface area contributed by atoms with E-state index in [1.807, 2.05) is 94.0 Å². The number of aliphatic hydroxyl groups excluding tert-OH is 1. The summed E-state index contributed by atoms with van der Waals surface area (Å²) in [7, 11) is 0. The largest absolute Gasteiger partial charge is 0.391 e. The van der Waals surface area contributed by atoms with E-state index in [2.05, 4.69) is 69.9 Å². The summed E-state index contributed by atoms with van der Waals surface area (Å²) in [6, 6.07) is 25.3. The zero-order chi connectivity index (χ0) is 50.2. The molecule has 3 fully saturated rings. The molecular weight excluding hydrogens is 925 g/mol. The Hall–Kier alpha value is -6.43. The highest BCUT2D eigenvalue weighted by Gasteiger charge is 2.44. The van der Waals surface area contributed by atoms with E-state index in [1.54, 1.807) is 11.3 Å². The van der Waals surface area contributed by atoms with Crippen LogP contribution in [0.5, 0.6) is 0 Å². The Labute approximate surface area is 427 Å². The number of aliphatic hydroxyl groups is 1. The van der Waals surface area contributed by atoms with Crippen molar-refractivity contribution in [2.45, 2.75) is 123 Å². The minimum absolute atomic E-state index is 0.0428. The minimum atomic E-state index is -0.840. The molecule has 3 atom stereocenters. The molecule has 0 spiro atoms. The number of likely N-dealkylation sites (tertiary alicyclic amines) is 1. The van der Waals surface area contributed by atoms with Gasteiger partial charge in [-0.05, 0) is 92.1 Å². The number of anilines is 5. The van der Waals surface area contributed by atoms with Crippen LogP contribution >= 0.6 is 11.3 Å². The Kier molecular flexibility index (Phi) is 16.1. The van der Waals surface area contributed by atoms with Gasteiger partial charge in [0, 0.05) is 75.2 Å². The number of aryl methyl sites for hydroxylation is 1. The topological polar surface area (TPSA) is 186 Å². The van der Waals surface area contributed by atoms with Gasteiger partial charge in [0.15, 0.2) is 5.65 Å². The van der Waals surface area contributed by atoms with Crippen LogP contribution in [0.1, 0.15) is 102 Å². The number of nitrogens with zero attached hydrogens (tertiary/aromatic N) is 8. The number of unbranched alkanes of at least 4 members (excludes halogenated alkanes) is 3. The number of benzene rings is 3. The van der Waals surface area contributed by atoms with Crippen LogP contribution in [0.25, 0.3) is 21.6 Å². The van der Waals surface area contributed by atoms with Gasteiger partial charge >= 0.3 is 0 Å². The van der Waals surface area contributed by atoms with Crippen LogP contribution in [0.3, 0.4) is 0 Å². The first-order valence-corrected chi connectivity index (χ1v) is 26.7. The van der Waals surface area contributed by atoms with Gasteiger partial charge in [-0.3, -0.25) is 23.9 Å². The third kappa shape index (κ3) is 12.4. The number of hydrogen-bond acceptors (Lipinski definition) is 13. The fraction of sp³-hybridized carbons (Fsp3) is 0.473. The molecule has 2 saturated heterocycles. The first kappa shape index (κ1) is 50.5. The number of β-amino-alcohol motifs (C(OH)–C–C–N with tert-alkyl or cyclic N) is 1. The van der Waals surface area contributed by atoms with Crippen LogP contribution in [-0.4, -0.2) is 115 Å². The number of amides is 3. The Morgan fingerprint density at radius 1 is 0.833 bits per heavy atom. The summed E-state index contributed by atoms with van der Waals surface area (Å²) in [5, 5.41) is 23.6. The van der Waals surface area contributed by atoms with E-state index in [4.69, 9.17) is 9.97 Å². The van der Waals surface area contributed by atoms with Crippen LogP contribution in [-0.2, 0) is 20.9 Å². The molecule has 5 N–H and O–H groups in total. The number of nitrogens with one attached hydrogen (secondary N) is 4. The first-order valence-electron chi connectivity index (χ1n) is 25.8. The molecule has 72 heavy (non-hydrogen) atoms. The van der Waals surface area contributed by atoms with Gasteiger partial charge in [0.1, 0.15) is 17.6 Å². The van der Waals surface area contributed by atoms with Gasteiger partial charge in [-0.15, -0.1) is 11.3 Å².